The Balaban J connectivity index is 1.67. The van der Waals surface area contributed by atoms with Gasteiger partial charge in [0.2, 0.25) is 11.8 Å². The molecule has 10 heteroatoms. The van der Waals surface area contributed by atoms with Crippen molar-refractivity contribution in [3.05, 3.63) is 89.4 Å². The van der Waals surface area contributed by atoms with Gasteiger partial charge in [0.25, 0.3) is 10.0 Å². The van der Waals surface area contributed by atoms with Crippen LogP contribution in [0.5, 0.6) is 5.75 Å². The van der Waals surface area contributed by atoms with Crippen LogP contribution in [0.15, 0.2) is 83.8 Å². The van der Waals surface area contributed by atoms with E-state index in [0.717, 1.165) is 42.0 Å². The number of nitrogens with zero attached hydrogens (tertiary/aromatic N) is 2. The van der Waals surface area contributed by atoms with Crippen LogP contribution in [0.3, 0.4) is 0 Å². The van der Waals surface area contributed by atoms with Crippen LogP contribution in [0.25, 0.3) is 0 Å². The molecule has 0 aliphatic heterocycles. The molecule has 2 amide bonds. The summed E-state index contributed by atoms with van der Waals surface area (Å²) in [7, 11) is -2.70. The molecule has 3 aromatic carbocycles. The van der Waals surface area contributed by atoms with Gasteiger partial charge in [0, 0.05) is 17.6 Å². The largest absolute Gasteiger partial charge is 0.497 e. The van der Waals surface area contributed by atoms with Crippen molar-refractivity contribution in [1.82, 2.24) is 10.2 Å². The minimum atomic E-state index is -4.20. The average Bonchev–Trinajstić information content (AvgIpc) is 3.02. The summed E-state index contributed by atoms with van der Waals surface area (Å²) in [6, 6.07) is 21.4. The highest BCUT2D eigenvalue weighted by atomic mass is 35.5. The summed E-state index contributed by atoms with van der Waals surface area (Å²) < 4.78 is 34.3. The molecule has 0 radical (unpaired) electrons. The minimum Gasteiger partial charge on any atom is -0.497 e. The molecule has 0 spiro atoms. The molecular weight excluding hydrogens is 586 g/mol. The van der Waals surface area contributed by atoms with Crippen molar-refractivity contribution in [2.75, 3.05) is 24.5 Å². The molecule has 0 heterocycles. The Morgan fingerprint density at radius 2 is 1.67 bits per heavy atom. The van der Waals surface area contributed by atoms with Crippen LogP contribution in [0.4, 0.5) is 5.69 Å². The van der Waals surface area contributed by atoms with Crippen LogP contribution in [0, 0.1) is 0 Å². The van der Waals surface area contributed by atoms with Gasteiger partial charge in [-0.05, 0) is 73.7 Å². The number of hydrogen-bond donors (Lipinski definition) is 1. The first kappa shape index (κ1) is 32.4. The lowest BCUT2D eigenvalue weighted by molar-refractivity contribution is -0.140. The molecule has 0 saturated heterocycles. The van der Waals surface area contributed by atoms with Gasteiger partial charge in [-0.3, -0.25) is 13.9 Å². The number of benzene rings is 3. The Morgan fingerprint density at radius 1 is 0.977 bits per heavy atom. The highest BCUT2D eigenvalue weighted by Gasteiger charge is 2.34. The van der Waals surface area contributed by atoms with E-state index in [1.54, 1.807) is 30.3 Å². The Hall–Kier alpha value is -3.56. The van der Waals surface area contributed by atoms with Crippen LogP contribution in [-0.4, -0.2) is 57.4 Å². The monoisotopic (exact) mass is 625 g/mol. The maximum Gasteiger partial charge on any atom is 0.264 e. The number of carbonyl (C=O) groups is 2. The van der Waals surface area contributed by atoms with E-state index in [1.807, 2.05) is 37.3 Å². The molecule has 0 unspecified atom stereocenters. The first-order valence-electron chi connectivity index (χ1n) is 14.8. The van der Waals surface area contributed by atoms with Gasteiger partial charge in [-0.15, -0.1) is 0 Å². The number of rotatable bonds is 13. The van der Waals surface area contributed by atoms with Crippen molar-refractivity contribution >= 4 is 39.1 Å². The molecule has 1 fully saturated rings. The molecule has 4 rings (SSSR count). The van der Waals surface area contributed by atoms with Crippen molar-refractivity contribution in [3.63, 3.8) is 0 Å². The number of carbonyl (C=O) groups excluding carboxylic acids is 2. The summed E-state index contributed by atoms with van der Waals surface area (Å²) >= 11 is 6.26. The van der Waals surface area contributed by atoms with Gasteiger partial charge in [-0.25, -0.2) is 8.42 Å². The summed E-state index contributed by atoms with van der Waals surface area (Å²) in [4.78, 5) is 29.3. The van der Waals surface area contributed by atoms with Crippen LogP contribution in [0.2, 0.25) is 5.02 Å². The van der Waals surface area contributed by atoms with Gasteiger partial charge >= 0.3 is 0 Å². The normalized spacial score (nSPS) is 14.5. The van der Waals surface area contributed by atoms with Gasteiger partial charge in [0.15, 0.2) is 0 Å². The molecule has 1 aliphatic rings. The Labute approximate surface area is 260 Å². The summed E-state index contributed by atoms with van der Waals surface area (Å²) in [5.74, 6) is -0.173. The second-order valence-electron chi connectivity index (χ2n) is 10.8. The van der Waals surface area contributed by atoms with Crippen molar-refractivity contribution in [2.45, 2.75) is 68.8 Å². The van der Waals surface area contributed by atoms with Crippen molar-refractivity contribution in [2.24, 2.45) is 0 Å². The SMILES string of the molecule is CC[C@@H](C(=O)NC1CCCCC1)N(CCc1ccccc1)C(=O)CN(c1cccc(Cl)c1)S(=O)(=O)c1ccc(OC)cc1. The van der Waals surface area contributed by atoms with Gasteiger partial charge < -0.3 is 15.0 Å². The molecule has 1 saturated carbocycles. The lowest BCUT2D eigenvalue weighted by Gasteiger charge is -2.34. The zero-order chi connectivity index (χ0) is 30.8. The van der Waals surface area contributed by atoms with Gasteiger partial charge in [0.1, 0.15) is 18.3 Å². The maximum absolute atomic E-state index is 14.2. The van der Waals surface area contributed by atoms with Crippen LogP contribution >= 0.6 is 11.6 Å². The third kappa shape index (κ3) is 8.51. The number of methoxy groups -OCH3 is 1. The topological polar surface area (TPSA) is 96.0 Å². The van der Waals surface area contributed by atoms with Gasteiger partial charge in [-0.1, -0.05) is 74.2 Å². The van der Waals surface area contributed by atoms with E-state index in [4.69, 9.17) is 16.3 Å². The third-order valence-electron chi connectivity index (χ3n) is 7.84. The Kier molecular flexibility index (Phi) is 11.5. The number of nitrogens with one attached hydrogen (secondary N) is 1. The predicted octanol–water partition coefficient (Wildman–Crippen LogP) is 5.84. The second-order valence-corrected chi connectivity index (χ2v) is 13.1. The molecular formula is C33H40ClN3O5S. The fraction of sp³-hybridized carbons (Fsp3) is 0.394. The van der Waals surface area contributed by atoms with E-state index in [2.05, 4.69) is 5.32 Å². The summed E-state index contributed by atoms with van der Waals surface area (Å²) in [6.45, 7) is 1.62. The quantitative estimate of drug-likeness (QED) is 0.257. The number of halogens is 1. The average molecular weight is 626 g/mol. The number of sulfonamides is 1. The highest BCUT2D eigenvalue weighted by molar-refractivity contribution is 7.92. The molecule has 0 bridgehead atoms. The zero-order valence-electron chi connectivity index (χ0n) is 24.7. The third-order valence-corrected chi connectivity index (χ3v) is 9.87. The molecule has 1 atom stereocenters. The van der Waals surface area contributed by atoms with E-state index in [0.29, 0.717) is 23.6 Å². The van der Waals surface area contributed by atoms with Crippen molar-refractivity contribution in [1.29, 1.82) is 0 Å². The van der Waals surface area contributed by atoms with Crippen molar-refractivity contribution in [3.8, 4) is 5.75 Å². The molecule has 8 nitrogen and oxygen atoms in total. The Bertz CT molecular complexity index is 1460. The predicted molar refractivity (Wildman–Crippen MR) is 170 cm³/mol. The lowest BCUT2D eigenvalue weighted by atomic mass is 9.95. The second kappa shape index (κ2) is 15.3. The van der Waals surface area contributed by atoms with Crippen LogP contribution in [0.1, 0.15) is 51.0 Å². The summed E-state index contributed by atoms with van der Waals surface area (Å²) in [5.41, 5.74) is 1.26. The standard InChI is InChI=1S/C33H40ClN3O5S/c1-3-31(33(39)35-27-14-8-5-9-15-27)36(22-21-25-11-6-4-7-12-25)32(38)24-37(28-16-10-13-26(34)23-28)43(40,41)30-19-17-29(42-2)18-20-30/h4,6-7,10-13,16-20,23,27,31H,3,5,8-9,14-15,21-22,24H2,1-2H3,(H,35,39)/t31-/m0/s1. The van der Waals surface area contributed by atoms with E-state index >= 15 is 0 Å². The number of amides is 2. The van der Waals surface area contributed by atoms with E-state index < -0.39 is 28.5 Å². The zero-order valence-corrected chi connectivity index (χ0v) is 26.3. The molecule has 0 aromatic heterocycles. The number of ether oxygens (including phenoxy) is 1. The van der Waals surface area contributed by atoms with Crippen LogP contribution < -0.4 is 14.4 Å². The van der Waals surface area contributed by atoms with Gasteiger partial charge in [0.05, 0.1) is 17.7 Å². The fourth-order valence-electron chi connectivity index (χ4n) is 5.48. The number of hydrogen-bond acceptors (Lipinski definition) is 5. The molecule has 43 heavy (non-hydrogen) atoms. The van der Waals surface area contributed by atoms with E-state index in [9.17, 15) is 18.0 Å². The molecule has 230 valence electrons. The first-order chi connectivity index (χ1) is 20.7. The molecule has 1 N–H and O–H groups in total. The van der Waals surface area contributed by atoms with Crippen LogP contribution in [-0.2, 0) is 26.0 Å². The minimum absolute atomic E-state index is 0.000931. The highest BCUT2D eigenvalue weighted by Crippen LogP contribution is 2.28. The smallest absolute Gasteiger partial charge is 0.264 e. The van der Waals surface area contributed by atoms with Crippen molar-refractivity contribution < 1.29 is 22.7 Å². The first-order valence-corrected chi connectivity index (χ1v) is 16.6. The maximum atomic E-state index is 14.2. The number of anilines is 1. The van der Waals surface area contributed by atoms with Gasteiger partial charge in [-0.2, -0.15) is 0 Å². The summed E-state index contributed by atoms with van der Waals surface area (Å²) in [6.07, 6.45) is 6.04. The lowest BCUT2D eigenvalue weighted by Crippen LogP contribution is -2.54. The molecule has 1 aliphatic carbocycles. The fourth-order valence-corrected chi connectivity index (χ4v) is 7.07. The Morgan fingerprint density at radius 3 is 2.30 bits per heavy atom. The summed E-state index contributed by atoms with van der Waals surface area (Å²) in [5, 5.41) is 3.50. The van der Waals surface area contributed by atoms with E-state index in [1.165, 1.54) is 30.2 Å². The van der Waals surface area contributed by atoms with E-state index in [-0.39, 0.29) is 29.1 Å². The molecule has 3 aromatic rings.